The molecule has 1 aliphatic carbocycles. The maximum absolute atomic E-state index is 10.8. The van der Waals surface area contributed by atoms with E-state index in [0.717, 1.165) is 38.6 Å². The van der Waals surface area contributed by atoms with Crippen LogP contribution in [0.1, 0.15) is 52.4 Å². The lowest BCUT2D eigenvalue weighted by Gasteiger charge is -2.44. The van der Waals surface area contributed by atoms with Crippen LogP contribution >= 0.6 is 0 Å². The van der Waals surface area contributed by atoms with E-state index in [-0.39, 0.29) is 5.92 Å². The van der Waals surface area contributed by atoms with E-state index in [0.29, 0.717) is 6.04 Å². The molecule has 1 heterocycles. The Bertz CT molecular complexity index is 336. The van der Waals surface area contributed by atoms with Crippen molar-refractivity contribution in [3.63, 3.8) is 0 Å². The lowest BCUT2D eigenvalue weighted by molar-refractivity contribution is -0.0441. The van der Waals surface area contributed by atoms with Crippen molar-refractivity contribution in [3.8, 4) is 0 Å². The number of likely N-dealkylation sites (tertiary alicyclic amines) is 1. The Morgan fingerprint density at radius 2 is 1.68 bits per heavy atom. The first kappa shape index (κ1) is 15.0. The molecule has 3 unspecified atom stereocenters. The van der Waals surface area contributed by atoms with Gasteiger partial charge in [-0.1, -0.05) is 38.3 Å². The van der Waals surface area contributed by atoms with E-state index in [9.17, 15) is 10.2 Å². The zero-order valence-corrected chi connectivity index (χ0v) is 12.6. The summed E-state index contributed by atoms with van der Waals surface area (Å²) >= 11 is 0. The topological polar surface area (TPSA) is 43.7 Å². The molecule has 2 fully saturated rings. The maximum atomic E-state index is 10.8. The Balaban J connectivity index is 2.07. The van der Waals surface area contributed by atoms with E-state index < -0.39 is 11.2 Å². The van der Waals surface area contributed by atoms with E-state index in [4.69, 9.17) is 0 Å². The number of nitrogens with zero attached hydrogens (tertiary/aromatic N) is 1. The highest BCUT2D eigenvalue weighted by Crippen LogP contribution is 2.35. The van der Waals surface area contributed by atoms with Crippen LogP contribution in [0.2, 0.25) is 0 Å². The molecular formula is C16H29NO2. The van der Waals surface area contributed by atoms with Crippen molar-refractivity contribution < 1.29 is 10.2 Å². The van der Waals surface area contributed by atoms with Crippen molar-refractivity contribution in [2.24, 2.45) is 5.92 Å². The first-order valence-electron chi connectivity index (χ1n) is 7.70. The van der Waals surface area contributed by atoms with Gasteiger partial charge in [-0.25, -0.2) is 0 Å². The molecule has 1 saturated carbocycles. The minimum absolute atomic E-state index is 0.206. The molecule has 0 bridgehead atoms. The van der Waals surface area contributed by atoms with Crippen LogP contribution in [-0.4, -0.2) is 45.9 Å². The highest BCUT2D eigenvalue weighted by molar-refractivity contribution is 5.13. The summed E-state index contributed by atoms with van der Waals surface area (Å²) in [4.78, 5) is 2.29. The van der Waals surface area contributed by atoms with E-state index in [1.165, 1.54) is 6.42 Å². The Labute approximate surface area is 117 Å². The smallest absolute Gasteiger partial charge is 0.0881 e. The number of hydrogen-bond donors (Lipinski definition) is 2. The minimum atomic E-state index is -0.765. The predicted octanol–water partition coefficient (Wildman–Crippen LogP) is 2.33. The van der Waals surface area contributed by atoms with Gasteiger partial charge in [0.25, 0.3) is 0 Å². The van der Waals surface area contributed by atoms with E-state index >= 15 is 0 Å². The van der Waals surface area contributed by atoms with Gasteiger partial charge in [0.05, 0.1) is 11.2 Å². The van der Waals surface area contributed by atoms with Gasteiger partial charge in [-0.05, 0) is 33.2 Å². The Morgan fingerprint density at radius 3 is 2.32 bits per heavy atom. The van der Waals surface area contributed by atoms with Gasteiger partial charge in [0.1, 0.15) is 0 Å². The summed E-state index contributed by atoms with van der Waals surface area (Å²) in [6.07, 6.45) is 9.61. The molecule has 3 nitrogen and oxygen atoms in total. The third-order valence-electron chi connectivity index (χ3n) is 5.19. The molecule has 0 amide bonds. The molecule has 1 aliphatic heterocycles. The van der Waals surface area contributed by atoms with Gasteiger partial charge in [-0.15, -0.1) is 0 Å². The van der Waals surface area contributed by atoms with Crippen LogP contribution < -0.4 is 0 Å². The van der Waals surface area contributed by atoms with E-state index in [2.05, 4.69) is 25.8 Å². The van der Waals surface area contributed by atoms with Crippen LogP contribution in [-0.2, 0) is 0 Å². The van der Waals surface area contributed by atoms with Crippen molar-refractivity contribution in [1.29, 1.82) is 0 Å². The van der Waals surface area contributed by atoms with Crippen LogP contribution in [0.5, 0.6) is 0 Å². The molecule has 110 valence electrons. The summed E-state index contributed by atoms with van der Waals surface area (Å²) in [6.45, 7) is 5.15. The molecule has 0 spiro atoms. The number of hydrogen-bond acceptors (Lipinski definition) is 3. The maximum Gasteiger partial charge on any atom is 0.0881 e. The van der Waals surface area contributed by atoms with Gasteiger partial charge in [0, 0.05) is 18.5 Å². The second-order valence-electron chi connectivity index (χ2n) is 6.88. The van der Waals surface area contributed by atoms with E-state index in [1.54, 1.807) is 0 Å². The van der Waals surface area contributed by atoms with E-state index in [1.807, 2.05) is 12.2 Å². The fraction of sp³-hybridized carbons (Fsp3) is 0.875. The Hall–Kier alpha value is -0.380. The number of aliphatic hydroxyl groups is 2. The standard InChI is InChI=1S/C16H29NO2/c1-13-12-17(3)14(2)11-16(13,19)10-9-15(18)7-5-4-6-8-15/h9-10,13-14,18-19H,4-8,11-12H2,1-3H3/b10-9+. The fourth-order valence-corrected chi connectivity index (χ4v) is 3.46. The summed E-state index contributed by atoms with van der Waals surface area (Å²) < 4.78 is 0. The SMILES string of the molecule is CC1CC(O)(/C=C/C2(O)CCCCC2)C(C)CN1C. The third-order valence-corrected chi connectivity index (χ3v) is 5.19. The quantitative estimate of drug-likeness (QED) is 0.755. The molecule has 3 heteroatoms. The number of piperidine rings is 1. The largest absolute Gasteiger partial charge is 0.386 e. The minimum Gasteiger partial charge on any atom is -0.386 e. The van der Waals surface area contributed by atoms with Gasteiger partial charge in [0.15, 0.2) is 0 Å². The molecule has 2 rings (SSSR count). The average molecular weight is 267 g/mol. The monoisotopic (exact) mass is 267 g/mol. The van der Waals surface area contributed by atoms with Crippen LogP contribution in [0.25, 0.3) is 0 Å². The molecule has 0 aromatic carbocycles. The van der Waals surface area contributed by atoms with Crippen molar-refractivity contribution >= 4 is 0 Å². The second-order valence-corrected chi connectivity index (χ2v) is 6.88. The van der Waals surface area contributed by atoms with Gasteiger partial charge in [-0.3, -0.25) is 0 Å². The lowest BCUT2D eigenvalue weighted by Crippen LogP contribution is -2.52. The summed E-state index contributed by atoms with van der Waals surface area (Å²) in [5.41, 5.74) is -1.45. The first-order valence-corrected chi connectivity index (χ1v) is 7.70. The van der Waals surface area contributed by atoms with Gasteiger partial charge >= 0.3 is 0 Å². The van der Waals surface area contributed by atoms with Gasteiger partial charge < -0.3 is 15.1 Å². The molecule has 0 aromatic heterocycles. The predicted molar refractivity (Wildman–Crippen MR) is 78.0 cm³/mol. The van der Waals surface area contributed by atoms with Crippen molar-refractivity contribution in [1.82, 2.24) is 4.90 Å². The normalized spacial score (nSPS) is 40.7. The first-order chi connectivity index (χ1) is 8.85. The zero-order chi connectivity index (χ0) is 14.1. The zero-order valence-electron chi connectivity index (χ0n) is 12.6. The Morgan fingerprint density at radius 1 is 1.05 bits per heavy atom. The summed E-state index contributed by atoms with van der Waals surface area (Å²) in [5.74, 6) is 0.206. The van der Waals surface area contributed by atoms with Crippen LogP contribution in [0.15, 0.2) is 12.2 Å². The lowest BCUT2D eigenvalue weighted by atomic mass is 9.77. The molecule has 1 saturated heterocycles. The Kier molecular flexibility index (Phi) is 4.38. The van der Waals surface area contributed by atoms with Crippen molar-refractivity contribution in [3.05, 3.63) is 12.2 Å². The molecule has 3 atom stereocenters. The summed E-state index contributed by atoms with van der Waals surface area (Å²) in [6, 6.07) is 0.381. The average Bonchev–Trinajstić information content (AvgIpc) is 2.36. The van der Waals surface area contributed by atoms with Crippen LogP contribution in [0, 0.1) is 5.92 Å². The van der Waals surface area contributed by atoms with Crippen LogP contribution in [0.3, 0.4) is 0 Å². The van der Waals surface area contributed by atoms with Crippen molar-refractivity contribution in [2.45, 2.75) is 69.6 Å². The highest BCUT2D eigenvalue weighted by atomic mass is 16.3. The molecule has 2 N–H and O–H groups in total. The molecule has 2 aliphatic rings. The highest BCUT2D eigenvalue weighted by Gasteiger charge is 2.40. The second kappa shape index (κ2) is 5.55. The molecular weight excluding hydrogens is 238 g/mol. The van der Waals surface area contributed by atoms with Crippen LogP contribution in [0.4, 0.5) is 0 Å². The molecule has 19 heavy (non-hydrogen) atoms. The van der Waals surface area contributed by atoms with Crippen molar-refractivity contribution in [2.75, 3.05) is 13.6 Å². The molecule has 0 radical (unpaired) electrons. The summed E-state index contributed by atoms with van der Waals surface area (Å²) in [7, 11) is 2.11. The molecule has 0 aromatic rings. The van der Waals surface area contributed by atoms with Gasteiger partial charge in [-0.2, -0.15) is 0 Å². The van der Waals surface area contributed by atoms with Gasteiger partial charge in [0.2, 0.25) is 0 Å². The third kappa shape index (κ3) is 3.39. The number of rotatable bonds is 2. The fourth-order valence-electron chi connectivity index (χ4n) is 3.46. The summed E-state index contributed by atoms with van der Waals surface area (Å²) in [5, 5.41) is 21.4.